The summed E-state index contributed by atoms with van der Waals surface area (Å²) in [5.41, 5.74) is 2.55. The second-order valence-corrected chi connectivity index (χ2v) is 5.47. The number of furan rings is 1. The lowest BCUT2D eigenvalue weighted by atomic mass is 9.92. The smallest absolute Gasteiger partial charge is 0.110 e. The lowest BCUT2D eigenvalue weighted by Crippen LogP contribution is -2.37. The lowest BCUT2D eigenvalue weighted by molar-refractivity contribution is 0.400. The fraction of sp³-hybridized carbons (Fsp3) is 0.286. The molecule has 0 saturated heterocycles. The van der Waals surface area contributed by atoms with Gasteiger partial charge in [0.15, 0.2) is 0 Å². The van der Waals surface area contributed by atoms with Crippen LogP contribution in [0.4, 0.5) is 0 Å². The molecule has 2 aromatic rings. The van der Waals surface area contributed by atoms with E-state index in [0.29, 0.717) is 6.04 Å². The summed E-state index contributed by atoms with van der Waals surface area (Å²) >= 11 is 3.47. The van der Waals surface area contributed by atoms with Crippen molar-refractivity contribution in [3.63, 3.8) is 0 Å². The van der Waals surface area contributed by atoms with E-state index in [1.54, 1.807) is 6.26 Å². The highest BCUT2D eigenvalue weighted by molar-refractivity contribution is 9.10. The van der Waals surface area contributed by atoms with Gasteiger partial charge in [-0.15, -0.1) is 0 Å². The van der Waals surface area contributed by atoms with Crippen molar-refractivity contribution >= 4 is 15.9 Å². The maximum Gasteiger partial charge on any atom is 0.110 e. The summed E-state index contributed by atoms with van der Waals surface area (Å²) in [6.45, 7) is 2.19. The van der Waals surface area contributed by atoms with Crippen molar-refractivity contribution in [1.29, 1.82) is 0 Å². The Balaban J connectivity index is 2.01. The molecule has 1 aromatic carbocycles. The van der Waals surface area contributed by atoms with Gasteiger partial charge >= 0.3 is 0 Å². The zero-order valence-corrected chi connectivity index (χ0v) is 11.2. The Morgan fingerprint density at radius 1 is 1.24 bits per heavy atom. The molecular formula is C14H14BrNO. The van der Waals surface area contributed by atoms with Gasteiger partial charge in [0.2, 0.25) is 0 Å². The highest BCUT2D eigenvalue weighted by Crippen LogP contribution is 2.31. The van der Waals surface area contributed by atoms with E-state index in [1.165, 1.54) is 11.1 Å². The highest BCUT2D eigenvalue weighted by atomic mass is 79.9. The van der Waals surface area contributed by atoms with Gasteiger partial charge in [-0.2, -0.15) is 0 Å². The van der Waals surface area contributed by atoms with Crippen LogP contribution >= 0.6 is 15.9 Å². The molecule has 1 N–H and O–H groups in total. The molecule has 88 valence electrons. The van der Waals surface area contributed by atoms with Crippen LogP contribution in [0.25, 0.3) is 0 Å². The molecule has 1 aliphatic rings. The van der Waals surface area contributed by atoms with Crippen LogP contribution in [0.5, 0.6) is 0 Å². The minimum absolute atomic E-state index is 0.251. The third kappa shape index (κ3) is 2.05. The Hall–Kier alpha value is -1.06. The van der Waals surface area contributed by atoms with Crippen LogP contribution in [-0.4, -0.2) is 6.04 Å². The summed E-state index contributed by atoms with van der Waals surface area (Å²) in [7, 11) is 0. The maximum atomic E-state index is 5.55. The van der Waals surface area contributed by atoms with Gasteiger partial charge in [0.1, 0.15) is 5.76 Å². The number of nitrogens with one attached hydrogen (secondary N) is 1. The molecule has 0 spiro atoms. The number of rotatable bonds is 1. The Morgan fingerprint density at radius 3 is 2.76 bits per heavy atom. The molecule has 0 saturated carbocycles. The number of benzene rings is 1. The van der Waals surface area contributed by atoms with Gasteiger partial charge in [-0.3, -0.25) is 0 Å². The third-order valence-corrected chi connectivity index (χ3v) is 3.77. The number of fused-ring (bicyclic) bond motifs is 1. The second kappa shape index (κ2) is 4.31. The van der Waals surface area contributed by atoms with Crippen LogP contribution < -0.4 is 5.32 Å². The SMILES string of the molecule is CC1Cc2occc2C(c2ccc(Br)cc2)N1. The van der Waals surface area contributed by atoms with Crippen molar-refractivity contribution < 1.29 is 4.42 Å². The first kappa shape index (κ1) is 11.1. The minimum Gasteiger partial charge on any atom is -0.469 e. The summed E-state index contributed by atoms with van der Waals surface area (Å²) in [5.74, 6) is 1.11. The van der Waals surface area contributed by atoms with Crippen molar-refractivity contribution in [1.82, 2.24) is 5.32 Å². The number of hydrogen-bond acceptors (Lipinski definition) is 2. The van der Waals surface area contributed by atoms with E-state index >= 15 is 0 Å². The summed E-state index contributed by atoms with van der Waals surface area (Å²) in [6, 6.07) is 11.2. The molecule has 2 heterocycles. The van der Waals surface area contributed by atoms with Crippen LogP contribution in [0.3, 0.4) is 0 Å². The molecule has 2 unspecified atom stereocenters. The van der Waals surface area contributed by atoms with Crippen LogP contribution in [0, 0.1) is 0 Å². The van der Waals surface area contributed by atoms with Gasteiger partial charge in [-0.1, -0.05) is 28.1 Å². The molecule has 0 amide bonds. The number of hydrogen-bond donors (Lipinski definition) is 1. The minimum atomic E-state index is 0.251. The summed E-state index contributed by atoms with van der Waals surface area (Å²) in [4.78, 5) is 0. The summed E-state index contributed by atoms with van der Waals surface area (Å²) < 4.78 is 6.66. The molecule has 0 fully saturated rings. The fourth-order valence-corrected chi connectivity index (χ4v) is 2.68. The predicted octanol–water partition coefficient (Wildman–Crippen LogP) is 3.67. The van der Waals surface area contributed by atoms with E-state index in [9.17, 15) is 0 Å². The Kier molecular flexibility index (Phi) is 2.81. The average Bonchev–Trinajstić information content (AvgIpc) is 2.77. The Labute approximate surface area is 109 Å². The molecule has 1 aromatic heterocycles. The van der Waals surface area contributed by atoms with E-state index in [2.05, 4.69) is 58.5 Å². The quantitative estimate of drug-likeness (QED) is 0.867. The van der Waals surface area contributed by atoms with E-state index in [0.717, 1.165) is 16.7 Å². The van der Waals surface area contributed by atoms with E-state index in [4.69, 9.17) is 4.42 Å². The summed E-state index contributed by atoms with van der Waals surface area (Å²) in [5, 5.41) is 3.62. The zero-order chi connectivity index (χ0) is 11.8. The van der Waals surface area contributed by atoms with E-state index < -0.39 is 0 Å². The van der Waals surface area contributed by atoms with E-state index in [-0.39, 0.29) is 6.04 Å². The molecule has 0 radical (unpaired) electrons. The van der Waals surface area contributed by atoms with Crippen LogP contribution in [-0.2, 0) is 6.42 Å². The molecule has 2 nitrogen and oxygen atoms in total. The fourth-order valence-electron chi connectivity index (χ4n) is 2.42. The third-order valence-electron chi connectivity index (χ3n) is 3.24. The largest absolute Gasteiger partial charge is 0.469 e. The van der Waals surface area contributed by atoms with Crippen molar-refractivity contribution in [3.05, 3.63) is 58.0 Å². The highest BCUT2D eigenvalue weighted by Gasteiger charge is 2.27. The first-order valence-corrected chi connectivity index (χ1v) is 6.61. The van der Waals surface area contributed by atoms with Gasteiger partial charge in [0.05, 0.1) is 12.3 Å². The predicted molar refractivity (Wildman–Crippen MR) is 71.0 cm³/mol. The van der Waals surface area contributed by atoms with Crippen molar-refractivity contribution in [3.8, 4) is 0 Å². The molecule has 2 atom stereocenters. The Bertz CT molecular complexity index is 517. The van der Waals surface area contributed by atoms with Gasteiger partial charge < -0.3 is 9.73 Å². The topological polar surface area (TPSA) is 25.2 Å². The van der Waals surface area contributed by atoms with Crippen molar-refractivity contribution in [2.24, 2.45) is 0 Å². The molecule has 3 heteroatoms. The number of halogens is 1. The first-order valence-electron chi connectivity index (χ1n) is 5.82. The Morgan fingerprint density at radius 2 is 2.00 bits per heavy atom. The normalized spacial score (nSPS) is 23.4. The molecule has 1 aliphatic heterocycles. The monoisotopic (exact) mass is 291 g/mol. The maximum absolute atomic E-state index is 5.55. The molecule has 0 aliphatic carbocycles. The van der Waals surface area contributed by atoms with Crippen molar-refractivity contribution in [2.75, 3.05) is 0 Å². The van der Waals surface area contributed by atoms with Gasteiger partial charge in [0, 0.05) is 22.5 Å². The van der Waals surface area contributed by atoms with Crippen LogP contribution in [0.1, 0.15) is 29.9 Å². The van der Waals surface area contributed by atoms with Gasteiger partial charge in [-0.25, -0.2) is 0 Å². The molecule has 3 rings (SSSR count). The van der Waals surface area contributed by atoms with Crippen LogP contribution in [0.15, 0.2) is 45.5 Å². The molecule has 0 bridgehead atoms. The van der Waals surface area contributed by atoms with E-state index in [1.807, 2.05) is 0 Å². The lowest BCUT2D eigenvalue weighted by Gasteiger charge is -2.28. The zero-order valence-electron chi connectivity index (χ0n) is 9.61. The molecule has 17 heavy (non-hydrogen) atoms. The van der Waals surface area contributed by atoms with Crippen LogP contribution in [0.2, 0.25) is 0 Å². The van der Waals surface area contributed by atoms with Crippen molar-refractivity contribution in [2.45, 2.75) is 25.4 Å². The van der Waals surface area contributed by atoms with Gasteiger partial charge in [-0.05, 0) is 30.7 Å². The summed E-state index contributed by atoms with van der Waals surface area (Å²) in [6.07, 6.45) is 2.76. The molecular weight excluding hydrogens is 278 g/mol. The first-order chi connectivity index (χ1) is 8.24. The average molecular weight is 292 g/mol. The standard InChI is InChI=1S/C14H14BrNO/c1-9-8-13-12(6-7-17-13)14(16-9)10-2-4-11(15)5-3-10/h2-7,9,14,16H,8H2,1H3. The second-order valence-electron chi connectivity index (χ2n) is 4.56. The van der Waals surface area contributed by atoms with Gasteiger partial charge in [0.25, 0.3) is 0 Å².